The molecule has 0 aliphatic carbocycles. The molecule has 0 amide bonds. The SMILES string of the molecule is CCCNC(Cc1ccccn1)c1c(F)cccc1Br. The zero-order valence-electron chi connectivity index (χ0n) is 11.4. The fourth-order valence-corrected chi connectivity index (χ4v) is 2.78. The third-order valence-electron chi connectivity index (χ3n) is 3.13. The Balaban J connectivity index is 2.27. The lowest BCUT2D eigenvalue weighted by Crippen LogP contribution is -2.25. The molecule has 4 heteroatoms. The first kappa shape index (κ1) is 15.1. The molecule has 1 atom stereocenters. The Morgan fingerprint density at radius 2 is 2.10 bits per heavy atom. The van der Waals surface area contributed by atoms with Crippen molar-refractivity contribution in [3.63, 3.8) is 0 Å². The zero-order valence-corrected chi connectivity index (χ0v) is 13.0. The fourth-order valence-electron chi connectivity index (χ4n) is 2.17. The number of pyridine rings is 1. The van der Waals surface area contributed by atoms with Crippen LogP contribution in [0.2, 0.25) is 0 Å². The van der Waals surface area contributed by atoms with Crippen LogP contribution in [0.5, 0.6) is 0 Å². The summed E-state index contributed by atoms with van der Waals surface area (Å²) in [5, 5.41) is 3.41. The van der Waals surface area contributed by atoms with Gasteiger partial charge in [0.2, 0.25) is 0 Å². The Morgan fingerprint density at radius 1 is 1.25 bits per heavy atom. The molecule has 1 aromatic carbocycles. The number of rotatable bonds is 6. The Hall–Kier alpha value is -1.26. The van der Waals surface area contributed by atoms with Crippen LogP contribution in [-0.4, -0.2) is 11.5 Å². The van der Waals surface area contributed by atoms with Crippen LogP contribution in [-0.2, 0) is 6.42 Å². The Bertz CT molecular complexity index is 525. The van der Waals surface area contributed by atoms with Crippen LogP contribution in [0.1, 0.15) is 30.6 Å². The molecule has 1 heterocycles. The van der Waals surface area contributed by atoms with Gasteiger partial charge in [-0.15, -0.1) is 0 Å². The van der Waals surface area contributed by atoms with Gasteiger partial charge in [0.05, 0.1) is 0 Å². The molecule has 0 bridgehead atoms. The van der Waals surface area contributed by atoms with Gasteiger partial charge in [-0.1, -0.05) is 35.0 Å². The van der Waals surface area contributed by atoms with Gasteiger partial charge in [0.1, 0.15) is 5.82 Å². The Labute approximate surface area is 127 Å². The van der Waals surface area contributed by atoms with Gasteiger partial charge in [0.25, 0.3) is 0 Å². The van der Waals surface area contributed by atoms with E-state index in [9.17, 15) is 4.39 Å². The quantitative estimate of drug-likeness (QED) is 0.852. The molecule has 2 nitrogen and oxygen atoms in total. The van der Waals surface area contributed by atoms with Gasteiger partial charge in [0.15, 0.2) is 0 Å². The maximum absolute atomic E-state index is 14.1. The highest BCUT2D eigenvalue weighted by atomic mass is 79.9. The van der Waals surface area contributed by atoms with Gasteiger partial charge >= 0.3 is 0 Å². The predicted octanol–water partition coefficient (Wildman–Crippen LogP) is 4.27. The van der Waals surface area contributed by atoms with E-state index < -0.39 is 0 Å². The van der Waals surface area contributed by atoms with E-state index in [0.29, 0.717) is 12.0 Å². The van der Waals surface area contributed by atoms with E-state index in [-0.39, 0.29) is 11.9 Å². The van der Waals surface area contributed by atoms with Crippen molar-refractivity contribution in [1.29, 1.82) is 0 Å². The average molecular weight is 337 g/mol. The van der Waals surface area contributed by atoms with Crippen LogP contribution < -0.4 is 5.32 Å². The summed E-state index contributed by atoms with van der Waals surface area (Å²) in [4.78, 5) is 4.33. The van der Waals surface area contributed by atoms with E-state index in [0.717, 1.165) is 23.1 Å². The molecule has 0 saturated carbocycles. The molecule has 2 aromatic rings. The van der Waals surface area contributed by atoms with E-state index in [1.54, 1.807) is 12.3 Å². The number of nitrogens with zero attached hydrogens (tertiary/aromatic N) is 1. The largest absolute Gasteiger partial charge is 0.309 e. The summed E-state index contributed by atoms with van der Waals surface area (Å²) in [5.74, 6) is -0.191. The lowest BCUT2D eigenvalue weighted by molar-refractivity contribution is 0.491. The topological polar surface area (TPSA) is 24.9 Å². The minimum Gasteiger partial charge on any atom is -0.309 e. The van der Waals surface area contributed by atoms with Gasteiger partial charge in [-0.3, -0.25) is 4.98 Å². The van der Waals surface area contributed by atoms with E-state index in [1.807, 2.05) is 24.3 Å². The van der Waals surface area contributed by atoms with Crippen LogP contribution in [0, 0.1) is 5.82 Å². The first-order chi connectivity index (χ1) is 9.72. The maximum atomic E-state index is 14.1. The Morgan fingerprint density at radius 3 is 2.75 bits per heavy atom. The molecule has 106 valence electrons. The summed E-state index contributed by atoms with van der Waals surface area (Å²) < 4.78 is 14.9. The molecule has 0 aliphatic rings. The van der Waals surface area contributed by atoms with Crippen molar-refractivity contribution in [3.05, 3.63) is 64.1 Å². The summed E-state index contributed by atoms with van der Waals surface area (Å²) in [6.07, 6.45) is 3.44. The number of halogens is 2. The van der Waals surface area contributed by atoms with E-state index >= 15 is 0 Å². The zero-order chi connectivity index (χ0) is 14.4. The van der Waals surface area contributed by atoms with Crippen LogP contribution >= 0.6 is 15.9 Å². The number of nitrogens with one attached hydrogen (secondary N) is 1. The molecule has 1 unspecified atom stereocenters. The van der Waals surface area contributed by atoms with E-state index in [1.165, 1.54) is 6.07 Å². The third kappa shape index (κ3) is 3.87. The minimum atomic E-state index is -0.191. The van der Waals surface area contributed by atoms with Crippen LogP contribution in [0.25, 0.3) is 0 Å². The van der Waals surface area contributed by atoms with E-state index in [4.69, 9.17) is 0 Å². The first-order valence-corrected chi connectivity index (χ1v) is 7.59. The van der Waals surface area contributed by atoms with E-state index in [2.05, 4.69) is 33.2 Å². The number of hydrogen-bond acceptors (Lipinski definition) is 2. The van der Waals surface area contributed by atoms with Gasteiger partial charge in [-0.05, 0) is 37.2 Å². The predicted molar refractivity (Wildman–Crippen MR) is 83.1 cm³/mol. The Kier molecular flexibility index (Phi) is 5.68. The highest BCUT2D eigenvalue weighted by molar-refractivity contribution is 9.10. The standard InChI is InChI=1S/C16H18BrFN2/c1-2-9-20-15(11-12-6-3-4-10-19-12)16-13(17)7-5-8-14(16)18/h3-8,10,15,20H,2,9,11H2,1H3. The second kappa shape index (κ2) is 7.50. The number of benzene rings is 1. The molecule has 1 aromatic heterocycles. The highest BCUT2D eigenvalue weighted by Crippen LogP contribution is 2.28. The first-order valence-electron chi connectivity index (χ1n) is 6.79. The van der Waals surface area contributed by atoms with Crippen molar-refractivity contribution in [2.45, 2.75) is 25.8 Å². The van der Waals surface area contributed by atoms with Crippen LogP contribution in [0.4, 0.5) is 4.39 Å². The lowest BCUT2D eigenvalue weighted by atomic mass is 10.0. The van der Waals surface area contributed by atoms with Crippen LogP contribution in [0.3, 0.4) is 0 Å². The summed E-state index contributed by atoms with van der Waals surface area (Å²) in [7, 11) is 0. The summed E-state index contributed by atoms with van der Waals surface area (Å²) in [6, 6.07) is 10.8. The van der Waals surface area contributed by atoms with Crippen LogP contribution in [0.15, 0.2) is 47.1 Å². The fraction of sp³-hybridized carbons (Fsp3) is 0.312. The molecule has 0 spiro atoms. The normalized spacial score (nSPS) is 12.3. The number of hydrogen-bond donors (Lipinski definition) is 1. The van der Waals surface area contributed by atoms with Gasteiger partial charge in [-0.25, -0.2) is 4.39 Å². The van der Waals surface area contributed by atoms with Crippen molar-refractivity contribution in [2.24, 2.45) is 0 Å². The van der Waals surface area contributed by atoms with Crippen molar-refractivity contribution in [1.82, 2.24) is 10.3 Å². The van der Waals surface area contributed by atoms with Crippen molar-refractivity contribution >= 4 is 15.9 Å². The second-order valence-corrected chi connectivity index (χ2v) is 5.52. The molecule has 0 fully saturated rings. The molecular weight excluding hydrogens is 319 g/mol. The molecule has 2 rings (SSSR count). The van der Waals surface area contributed by atoms with Crippen molar-refractivity contribution < 1.29 is 4.39 Å². The molecule has 0 saturated heterocycles. The molecule has 0 aliphatic heterocycles. The molecule has 0 radical (unpaired) electrons. The lowest BCUT2D eigenvalue weighted by Gasteiger charge is -2.20. The van der Waals surface area contributed by atoms with Gasteiger partial charge < -0.3 is 5.32 Å². The minimum absolute atomic E-state index is 0.0829. The molecule has 20 heavy (non-hydrogen) atoms. The molecule has 1 N–H and O–H groups in total. The summed E-state index contributed by atoms with van der Waals surface area (Å²) in [5.41, 5.74) is 1.63. The van der Waals surface area contributed by atoms with Gasteiger partial charge in [0, 0.05) is 34.4 Å². The summed E-state index contributed by atoms with van der Waals surface area (Å²) in [6.45, 7) is 2.94. The monoisotopic (exact) mass is 336 g/mol. The second-order valence-electron chi connectivity index (χ2n) is 4.67. The third-order valence-corrected chi connectivity index (χ3v) is 3.82. The number of aromatic nitrogens is 1. The van der Waals surface area contributed by atoms with Crippen molar-refractivity contribution in [3.8, 4) is 0 Å². The van der Waals surface area contributed by atoms with Crippen molar-refractivity contribution in [2.75, 3.05) is 6.54 Å². The maximum Gasteiger partial charge on any atom is 0.129 e. The smallest absolute Gasteiger partial charge is 0.129 e. The van der Waals surface area contributed by atoms with Gasteiger partial charge in [-0.2, -0.15) is 0 Å². The summed E-state index contributed by atoms with van der Waals surface area (Å²) >= 11 is 3.45. The average Bonchev–Trinajstić information content (AvgIpc) is 2.45. The molecular formula is C16H18BrFN2. The highest BCUT2D eigenvalue weighted by Gasteiger charge is 2.19.